The lowest BCUT2D eigenvalue weighted by atomic mass is 10.1. The summed E-state index contributed by atoms with van der Waals surface area (Å²) >= 11 is 1.43. The van der Waals surface area contributed by atoms with Crippen LogP contribution in [0.5, 0.6) is 5.75 Å². The third-order valence-electron chi connectivity index (χ3n) is 4.27. The maximum atomic E-state index is 12.1. The molecule has 0 aliphatic carbocycles. The smallest absolute Gasteiger partial charge is 0.230 e. The van der Waals surface area contributed by atoms with Gasteiger partial charge in [-0.3, -0.25) is 4.79 Å². The Morgan fingerprint density at radius 1 is 1.15 bits per heavy atom. The summed E-state index contributed by atoms with van der Waals surface area (Å²) < 4.78 is 7.19. The van der Waals surface area contributed by atoms with Crippen molar-refractivity contribution in [2.24, 2.45) is 7.05 Å². The van der Waals surface area contributed by atoms with Gasteiger partial charge in [0.15, 0.2) is 5.16 Å². The Balaban J connectivity index is 1.55. The molecule has 0 fully saturated rings. The van der Waals surface area contributed by atoms with Gasteiger partial charge in [-0.1, -0.05) is 41.6 Å². The summed E-state index contributed by atoms with van der Waals surface area (Å²) in [5, 5.41) is 3.76. The van der Waals surface area contributed by atoms with Gasteiger partial charge in [0.25, 0.3) is 0 Å². The molecule has 1 aromatic heterocycles. The number of carbonyl (C=O) groups is 1. The predicted octanol–water partition coefficient (Wildman–Crippen LogP) is 3.81. The van der Waals surface area contributed by atoms with Crippen molar-refractivity contribution in [2.75, 3.05) is 12.9 Å². The first-order valence-corrected chi connectivity index (χ1v) is 9.66. The number of hydrogen-bond acceptors (Lipinski definition) is 4. The number of amides is 1. The molecule has 27 heavy (non-hydrogen) atoms. The van der Waals surface area contributed by atoms with E-state index in [4.69, 9.17) is 4.74 Å². The number of ether oxygens (including phenoxy) is 1. The number of imidazole rings is 1. The minimum Gasteiger partial charge on any atom is -0.497 e. The number of methoxy groups -OCH3 is 1. The summed E-state index contributed by atoms with van der Waals surface area (Å²) in [6, 6.07) is 16.0. The normalized spacial score (nSPS) is 10.6. The van der Waals surface area contributed by atoms with Crippen LogP contribution < -0.4 is 10.1 Å². The molecule has 0 unspecified atom stereocenters. The van der Waals surface area contributed by atoms with Crippen LogP contribution in [-0.4, -0.2) is 28.3 Å². The van der Waals surface area contributed by atoms with E-state index in [-0.39, 0.29) is 5.91 Å². The number of thioether (sulfide) groups is 1. The molecule has 0 spiro atoms. The first-order chi connectivity index (χ1) is 13.1. The van der Waals surface area contributed by atoms with Gasteiger partial charge < -0.3 is 14.6 Å². The van der Waals surface area contributed by atoms with Crippen molar-refractivity contribution in [1.82, 2.24) is 14.9 Å². The Labute approximate surface area is 163 Å². The lowest BCUT2D eigenvalue weighted by Crippen LogP contribution is -2.24. The van der Waals surface area contributed by atoms with Crippen LogP contribution >= 0.6 is 11.8 Å². The van der Waals surface area contributed by atoms with Crippen LogP contribution in [0.15, 0.2) is 59.9 Å². The number of benzene rings is 2. The summed E-state index contributed by atoms with van der Waals surface area (Å²) in [6.07, 6.45) is 1.83. The minimum absolute atomic E-state index is 0.00503. The lowest BCUT2D eigenvalue weighted by molar-refractivity contribution is -0.118. The largest absolute Gasteiger partial charge is 0.497 e. The molecule has 140 valence electrons. The molecule has 6 heteroatoms. The first kappa shape index (κ1) is 19.0. The van der Waals surface area contributed by atoms with E-state index in [0.717, 1.165) is 27.7 Å². The van der Waals surface area contributed by atoms with E-state index in [1.807, 2.05) is 73.3 Å². The van der Waals surface area contributed by atoms with Gasteiger partial charge in [-0.05, 0) is 36.8 Å². The molecule has 1 amide bonds. The van der Waals surface area contributed by atoms with Gasteiger partial charge in [-0.15, -0.1) is 0 Å². The highest BCUT2D eigenvalue weighted by atomic mass is 32.2. The minimum atomic E-state index is -0.00503. The van der Waals surface area contributed by atoms with Crippen LogP contribution in [0.2, 0.25) is 0 Å². The van der Waals surface area contributed by atoms with Gasteiger partial charge in [-0.2, -0.15) is 0 Å². The number of nitrogens with one attached hydrogen (secondary N) is 1. The maximum absolute atomic E-state index is 12.1. The lowest BCUT2D eigenvalue weighted by Gasteiger charge is -2.08. The van der Waals surface area contributed by atoms with E-state index in [9.17, 15) is 4.79 Å². The molecule has 0 saturated heterocycles. The predicted molar refractivity (Wildman–Crippen MR) is 109 cm³/mol. The molecule has 5 nitrogen and oxygen atoms in total. The number of aryl methyl sites for hydroxylation is 1. The molecule has 3 rings (SSSR count). The van der Waals surface area contributed by atoms with Crippen LogP contribution in [0.1, 0.15) is 11.1 Å². The average molecular weight is 382 g/mol. The van der Waals surface area contributed by atoms with Crippen molar-refractivity contribution in [1.29, 1.82) is 0 Å². The third kappa shape index (κ3) is 4.92. The molecule has 0 radical (unpaired) electrons. The van der Waals surface area contributed by atoms with Gasteiger partial charge in [0.05, 0.1) is 24.8 Å². The van der Waals surface area contributed by atoms with Gasteiger partial charge in [0.1, 0.15) is 5.75 Å². The number of aromatic nitrogens is 2. The molecular weight excluding hydrogens is 358 g/mol. The first-order valence-electron chi connectivity index (χ1n) is 8.68. The van der Waals surface area contributed by atoms with Gasteiger partial charge >= 0.3 is 0 Å². The molecule has 3 aromatic rings. The van der Waals surface area contributed by atoms with Crippen molar-refractivity contribution in [2.45, 2.75) is 18.6 Å². The molecule has 0 bridgehead atoms. The summed E-state index contributed by atoms with van der Waals surface area (Å²) in [7, 11) is 3.61. The fourth-order valence-electron chi connectivity index (χ4n) is 2.64. The van der Waals surface area contributed by atoms with Crippen molar-refractivity contribution >= 4 is 17.7 Å². The molecule has 1 N–H and O–H groups in total. The summed E-state index contributed by atoms with van der Waals surface area (Å²) in [6.45, 7) is 2.59. The summed E-state index contributed by atoms with van der Waals surface area (Å²) in [5.41, 5.74) is 4.36. The van der Waals surface area contributed by atoms with Crippen LogP contribution in [-0.2, 0) is 18.4 Å². The van der Waals surface area contributed by atoms with E-state index in [0.29, 0.717) is 12.3 Å². The van der Waals surface area contributed by atoms with Crippen molar-refractivity contribution < 1.29 is 9.53 Å². The van der Waals surface area contributed by atoms with E-state index in [2.05, 4.69) is 10.3 Å². The van der Waals surface area contributed by atoms with Crippen molar-refractivity contribution in [3.05, 3.63) is 65.9 Å². The highest BCUT2D eigenvalue weighted by Crippen LogP contribution is 2.26. The average Bonchev–Trinajstić information content (AvgIpc) is 3.06. The Morgan fingerprint density at radius 3 is 2.52 bits per heavy atom. The fraction of sp³-hybridized carbons (Fsp3) is 0.238. The van der Waals surface area contributed by atoms with Gasteiger partial charge in [0.2, 0.25) is 5.91 Å². The zero-order valence-corrected chi connectivity index (χ0v) is 16.5. The Kier molecular flexibility index (Phi) is 6.19. The second-order valence-electron chi connectivity index (χ2n) is 6.26. The zero-order valence-electron chi connectivity index (χ0n) is 15.7. The highest BCUT2D eigenvalue weighted by molar-refractivity contribution is 7.99. The fourth-order valence-corrected chi connectivity index (χ4v) is 3.43. The molecule has 2 aromatic carbocycles. The van der Waals surface area contributed by atoms with E-state index in [1.54, 1.807) is 7.11 Å². The second kappa shape index (κ2) is 8.77. The molecule has 0 saturated carbocycles. The third-order valence-corrected chi connectivity index (χ3v) is 5.32. The summed E-state index contributed by atoms with van der Waals surface area (Å²) in [4.78, 5) is 16.6. The topological polar surface area (TPSA) is 56.1 Å². The second-order valence-corrected chi connectivity index (χ2v) is 7.21. The number of nitrogens with zero attached hydrogens (tertiary/aromatic N) is 2. The van der Waals surface area contributed by atoms with E-state index in [1.165, 1.54) is 17.3 Å². The molecule has 1 heterocycles. The van der Waals surface area contributed by atoms with Crippen LogP contribution in [0.4, 0.5) is 0 Å². The monoisotopic (exact) mass is 381 g/mol. The van der Waals surface area contributed by atoms with Crippen LogP contribution in [0.25, 0.3) is 11.3 Å². The Hall–Kier alpha value is -2.73. The Morgan fingerprint density at radius 2 is 1.85 bits per heavy atom. The Bertz CT molecular complexity index is 902. The quantitative estimate of drug-likeness (QED) is 0.632. The number of hydrogen-bond donors (Lipinski definition) is 1. The van der Waals surface area contributed by atoms with Crippen LogP contribution in [0.3, 0.4) is 0 Å². The number of carbonyl (C=O) groups excluding carboxylic acids is 1. The molecule has 0 atom stereocenters. The van der Waals surface area contributed by atoms with Crippen LogP contribution in [0, 0.1) is 6.92 Å². The van der Waals surface area contributed by atoms with E-state index < -0.39 is 0 Å². The van der Waals surface area contributed by atoms with Crippen molar-refractivity contribution in [3.8, 4) is 17.0 Å². The highest BCUT2D eigenvalue weighted by Gasteiger charge is 2.11. The van der Waals surface area contributed by atoms with Gasteiger partial charge in [-0.25, -0.2) is 4.98 Å². The van der Waals surface area contributed by atoms with E-state index >= 15 is 0 Å². The maximum Gasteiger partial charge on any atom is 0.230 e. The summed E-state index contributed by atoms with van der Waals surface area (Å²) in [5.74, 6) is 1.15. The SMILES string of the molecule is COc1ccc(-c2cnc(SCC(=O)NCc3ccc(C)cc3)n2C)cc1. The van der Waals surface area contributed by atoms with Gasteiger partial charge in [0, 0.05) is 19.2 Å². The standard InChI is InChI=1S/C21H23N3O2S/c1-15-4-6-16(7-5-15)12-22-20(25)14-27-21-23-13-19(24(21)2)17-8-10-18(26-3)11-9-17/h4-11,13H,12,14H2,1-3H3,(H,22,25). The molecular formula is C21H23N3O2S. The molecule has 0 aliphatic rings. The zero-order chi connectivity index (χ0) is 19.2. The molecule has 0 aliphatic heterocycles. The van der Waals surface area contributed by atoms with Crippen molar-refractivity contribution in [3.63, 3.8) is 0 Å². The number of rotatable bonds is 7.